The SMILES string of the molecule is CCCCOc1ccc([As](=O)(O)O)cc1[N+](=O)[O-]. The van der Waals surface area contributed by atoms with Crippen LogP contribution in [-0.4, -0.2) is 33.9 Å². The first-order chi connectivity index (χ1) is 8.36. The van der Waals surface area contributed by atoms with Gasteiger partial charge in [-0.05, 0) is 0 Å². The Kier molecular flexibility index (Phi) is 4.95. The molecule has 0 radical (unpaired) electrons. The Hall–Kier alpha value is -1.30. The van der Waals surface area contributed by atoms with Gasteiger partial charge in [-0.1, -0.05) is 0 Å². The second kappa shape index (κ2) is 6.04. The molecule has 1 aromatic rings. The number of nitro benzene ring substituents is 1. The summed E-state index contributed by atoms with van der Waals surface area (Å²) in [5.74, 6) is 0.0288. The number of hydrogen-bond acceptors (Lipinski definition) is 4. The van der Waals surface area contributed by atoms with Crippen molar-refractivity contribution in [2.24, 2.45) is 0 Å². The monoisotopic (exact) mass is 319 g/mol. The van der Waals surface area contributed by atoms with Crippen LogP contribution in [0, 0.1) is 10.1 Å². The van der Waals surface area contributed by atoms with E-state index in [2.05, 4.69) is 0 Å². The van der Waals surface area contributed by atoms with E-state index in [9.17, 15) is 13.9 Å². The van der Waals surface area contributed by atoms with Crippen LogP contribution in [0.3, 0.4) is 0 Å². The Bertz CT molecular complexity index is 483. The quantitative estimate of drug-likeness (QED) is 0.338. The van der Waals surface area contributed by atoms with Crippen LogP contribution in [0.2, 0.25) is 0 Å². The Morgan fingerprint density at radius 1 is 1.44 bits per heavy atom. The van der Waals surface area contributed by atoms with Gasteiger partial charge in [0.15, 0.2) is 0 Å². The van der Waals surface area contributed by atoms with Crippen molar-refractivity contribution >= 4 is 24.2 Å². The van der Waals surface area contributed by atoms with Gasteiger partial charge in [0, 0.05) is 0 Å². The maximum absolute atomic E-state index is 11.1. The Labute approximate surface area is 107 Å². The van der Waals surface area contributed by atoms with Crippen LogP contribution in [0.1, 0.15) is 19.8 Å². The van der Waals surface area contributed by atoms with Crippen molar-refractivity contribution in [1.82, 2.24) is 0 Å². The summed E-state index contributed by atoms with van der Waals surface area (Å²) in [5.41, 5.74) is -0.423. The summed E-state index contributed by atoms with van der Waals surface area (Å²) in [7, 11) is 0. The van der Waals surface area contributed by atoms with E-state index in [1.165, 1.54) is 6.07 Å². The molecule has 0 aliphatic rings. The third-order valence-electron chi connectivity index (χ3n) is 2.23. The number of nitrogens with zero attached hydrogens (tertiary/aromatic N) is 1. The van der Waals surface area contributed by atoms with Gasteiger partial charge in [0.1, 0.15) is 0 Å². The van der Waals surface area contributed by atoms with Crippen molar-refractivity contribution in [3.05, 3.63) is 28.3 Å². The molecule has 0 saturated carbocycles. The van der Waals surface area contributed by atoms with Crippen molar-refractivity contribution in [1.29, 1.82) is 0 Å². The molecule has 0 amide bonds. The number of benzene rings is 1. The molecule has 0 saturated heterocycles. The summed E-state index contributed by atoms with van der Waals surface area (Å²) in [6.45, 7) is 2.29. The van der Waals surface area contributed by atoms with Gasteiger partial charge in [-0.3, -0.25) is 0 Å². The first-order valence-electron chi connectivity index (χ1n) is 5.33. The Morgan fingerprint density at radius 3 is 2.61 bits per heavy atom. The van der Waals surface area contributed by atoms with Crippen LogP contribution in [-0.2, 0) is 3.74 Å². The van der Waals surface area contributed by atoms with Gasteiger partial charge in [-0.25, -0.2) is 0 Å². The molecule has 0 unspecified atom stereocenters. The topological polar surface area (TPSA) is 110 Å². The summed E-state index contributed by atoms with van der Waals surface area (Å²) >= 11 is -5.12. The Morgan fingerprint density at radius 2 is 2.11 bits per heavy atom. The average molecular weight is 319 g/mol. The van der Waals surface area contributed by atoms with Gasteiger partial charge in [0.25, 0.3) is 0 Å². The van der Waals surface area contributed by atoms with E-state index in [1.807, 2.05) is 6.92 Å². The van der Waals surface area contributed by atoms with Crippen molar-refractivity contribution < 1.29 is 21.6 Å². The zero-order valence-corrected chi connectivity index (χ0v) is 11.7. The fraction of sp³-hybridized carbons (Fsp3) is 0.400. The van der Waals surface area contributed by atoms with E-state index < -0.39 is 24.8 Å². The fourth-order valence-electron chi connectivity index (χ4n) is 1.28. The van der Waals surface area contributed by atoms with E-state index in [1.54, 1.807) is 0 Å². The van der Waals surface area contributed by atoms with E-state index in [4.69, 9.17) is 12.9 Å². The van der Waals surface area contributed by atoms with E-state index in [0.717, 1.165) is 25.0 Å². The van der Waals surface area contributed by atoms with Crippen LogP contribution in [0.4, 0.5) is 5.69 Å². The third-order valence-corrected chi connectivity index (χ3v) is 4.23. The van der Waals surface area contributed by atoms with Gasteiger partial charge in [-0.2, -0.15) is 0 Å². The molecule has 18 heavy (non-hydrogen) atoms. The summed E-state index contributed by atoms with van der Waals surface area (Å²) in [5, 5.41) is 10.8. The van der Waals surface area contributed by atoms with E-state index >= 15 is 0 Å². The molecule has 7 nitrogen and oxygen atoms in total. The predicted molar refractivity (Wildman–Crippen MR) is 64.0 cm³/mol. The van der Waals surface area contributed by atoms with Crippen LogP contribution < -0.4 is 9.09 Å². The molecular weight excluding hydrogens is 305 g/mol. The normalized spacial score (nSPS) is 11.3. The molecule has 100 valence electrons. The number of rotatable bonds is 6. The molecule has 0 atom stereocenters. The second-order valence-corrected chi connectivity index (χ2v) is 7.02. The van der Waals surface area contributed by atoms with Crippen molar-refractivity contribution in [2.45, 2.75) is 19.8 Å². The fourth-order valence-corrected chi connectivity index (χ4v) is 2.45. The Balaban J connectivity index is 3.05. The molecule has 1 rings (SSSR count). The molecule has 8 heteroatoms. The van der Waals surface area contributed by atoms with Crippen LogP contribution in [0.5, 0.6) is 5.75 Å². The van der Waals surface area contributed by atoms with Crippen molar-refractivity contribution in [3.8, 4) is 5.75 Å². The van der Waals surface area contributed by atoms with E-state index in [0.29, 0.717) is 6.61 Å². The molecule has 0 aliphatic carbocycles. The second-order valence-electron chi connectivity index (χ2n) is 3.66. The van der Waals surface area contributed by atoms with Crippen LogP contribution in [0.25, 0.3) is 0 Å². The predicted octanol–water partition coefficient (Wildman–Crippen LogP) is 0.335. The standard InChI is InChI=1S/C10H14AsNO6/c1-2-3-6-18-10-5-4-8(11(13,14)15)7-9(10)12(16)17/h4-5,7H,2-3,6H2,1H3,(H2,13,14,15). The van der Waals surface area contributed by atoms with Crippen molar-refractivity contribution in [2.75, 3.05) is 6.61 Å². The van der Waals surface area contributed by atoms with E-state index in [-0.39, 0.29) is 10.1 Å². The molecule has 2 N–H and O–H groups in total. The van der Waals surface area contributed by atoms with Gasteiger partial charge in [-0.15, -0.1) is 0 Å². The number of unbranched alkanes of at least 4 members (excludes halogenated alkanes) is 1. The minimum absolute atomic E-state index is 0.0288. The molecule has 0 spiro atoms. The molecule has 0 heterocycles. The zero-order valence-electron chi connectivity index (χ0n) is 9.78. The maximum atomic E-state index is 11.1. The van der Waals surface area contributed by atoms with Gasteiger partial charge in [0.05, 0.1) is 0 Å². The van der Waals surface area contributed by atoms with Crippen molar-refractivity contribution in [3.63, 3.8) is 0 Å². The summed E-state index contributed by atoms with van der Waals surface area (Å²) in [6.07, 6.45) is 1.64. The van der Waals surface area contributed by atoms with Gasteiger partial charge in [0.2, 0.25) is 0 Å². The number of ether oxygens (including phenoxy) is 1. The minimum atomic E-state index is -5.12. The molecule has 0 aliphatic heterocycles. The molecular formula is C10H14AsNO6. The van der Waals surface area contributed by atoms with Gasteiger partial charge >= 0.3 is 106 Å². The first kappa shape index (κ1) is 14.8. The average Bonchev–Trinajstić information content (AvgIpc) is 2.28. The number of nitro groups is 1. The van der Waals surface area contributed by atoms with Gasteiger partial charge < -0.3 is 0 Å². The summed E-state index contributed by atoms with van der Waals surface area (Å²) < 4.78 is 34.0. The molecule has 0 aromatic heterocycles. The molecule has 0 bridgehead atoms. The summed E-state index contributed by atoms with van der Waals surface area (Å²) in [4.78, 5) is 10.1. The zero-order chi connectivity index (χ0) is 13.8. The van der Waals surface area contributed by atoms with Crippen LogP contribution >= 0.6 is 0 Å². The van der Waals surface area contributed by atoms with Crippen LogP contribution in [0.15, 0.2) is 18.2 Å². The molecule has 0 fully saturated rings. The number of hydrogen-bond donors (Lipinski definition) is 2. The molecule has 1 aromatic carbocycles. The summed E-state index contributed by atoms with van der Waals surface area (Å²) in [6, 6.07) is 3.26. The third kappa shape index (κ3) is 3.87. The first-order valence-corrected chi connectivity index (χ1v) is 8.72.